The van der Waals surface area contributed by atoms with Gasteiger partial charge in [0, 0.05) is 19.8 Å². The van der Waals surface area contributed by atoms with Crippen LogP contribution >= 0.6 is 0 Å². The van der Waals surface area contributed by atoms with Crippen LogP contribution in [0.1, 0.15) is 17.3 Å². The number of hydrogen-bond acceptors (Lipinski definition) is 5. The first-order valence-electron chi connectivity index (χ1n) is 5.28. The molecule has 0 amide bonds. The molecule has 0 N–H and O–H groups in total. The molecular formula is C13H18O5. The van der Waals surface area contributed by atoms with Crippen molar-refractivity contribution in [2.75, 3.05) is 21.3 Å². The molecule has 5 nitrogen and oxygen atoms in total. The standard InChI is InChI=1S/C9H8O3.C4H10O2/c1-12-8-4-2-7(3-5-8)9(11)6-10;1-4(5-2)6-3/h2-6H,1H3;4H,1-3H3. The molecule has 0 heterocycles. The summed E-state index contributed by atoms with van der Waals surface area (Å²) in [7, 11) is 4.75. The number of hydrogen-bond donors (Lipinski definition) is 0. The molecule has 0 aromatic heterocycles. The van der Waals surface area contributed by atoms with E-state index in [-0.39, 0.29) is 6.29 Å². The normalized spacial score (nSPS) is 9.39. The van der Waals surface area contributed by atoms with Gasteiger partial charge in [-0.1, -0.05) is 0 Å². The van der Waals surface area contributed by atoms with E-state index in [0.29, 0.717) is 17.6 Å². The number of aldehydes is 1. The summed E-state index contributed by atoms with van der Waals surface area (Å²) in [5.74, 6) is 0.148. The summed E-state index contributed by atoms with van der Waals surface area (Å²) in [6.45, 7) is 1.83. The van der Waals surface area contributed by atoms with Crippen LogP contribution in [0.4, 0.5) is 0 Å². The van der Waals surface area contributed by atoms with Gasteiger partial charge in [0.25, 0.3) is 0 Å². The van der Waals surface area contributed by atoms with Crippen LogP contribution in [-0.2, 0) is 14.3 Å². The Labute approximate surface area is 107 Å². The number of rotatable bonds is 5. The minimum Gasteiger partial charge on any atom is -0.497 e. The van der Waals surface area contributed by atoms with Crippen LogP contribution in [-0.4, -0.2) is 39.7 Å². The zero-order valence-electron chi connectivity index (χ0n) is 11.0. The van der Waals surface area contributed by atoms with E-state index < -0.39 is 5.78 Å². The smallest absolute Gasteiger partial charge is 0.225 e. The van der Waals surface area contributed by atoms with Crippen LogP contribution in [0.2, 0.25) is 0 Å². The zero-order valence-corrected chi connectivity index (χ0v) is 11.0. The predicted molar refractivity (Wildman–Crippen MR) is 66.9 cm³/mol. The minimum absolute atomic E-state index is 0.0648. The lowest BCUT2D eigenvalue weighted by Crippen LogP contribution is -2.05. The molecule has 0 bridgehead atoms. The zero-order chi connectivity index (χ0) is 14.0. The monoisotopic (exact) mass is 254 g/mol. The fourth-order valence-electron chi connectivity index (χ4n) is 0.920. The number of Topliss-reactive ketones (excluding diaryl/α,β-unsaturated/α-hetero) is 1. The molecule has 18 heavy (non-hydrogen) atoms. The number of methoxy groups -OCH3 is 3. The molecule has 0 radical (unpaired) electrons. The summed E-state index contributed by atoms with van der Waals surface area (Å²) >= 11 is 0. The molecule has 100 valence electrons. The molecule has 0 saturated heterocycles. The Morgan fingerprint density at radius 1 is 1.11 bits per heavy atom. The predicted octanol–water partition coefficient (Wildman–Crippen LogP) is 1.70. The van der Waals surface area contributed by atoms with Gasteiger partial charge in [-0.15, -0.1) is 0 Å². The summed E-state index contributed by atoms with van der Waals surface area (Å²) in [5.41, 5.74) is 0.380. The van der Waals surface area contributed by atoms with Crippen molar-refractivity contribution in [3.8, 4) is 5.75 Å². The Hall–Kier alpha value is -1.72. The maximum Gasteiger partial charge on any atom is 0.225 e. The third-order valence-corrected chi connectivity index (χ3v) is 2.15. The van der Waals surface area contributed by atoms with Crippen molar-refractivity contribution in [3.63, 3.8) is 0 Å². The highest BCUT2D eigenvalue weighted by atomic mass is 16.7. The Bertz CT molecular complexity index is 354. The first-order chi connectivity index (χ1) is 8.58. The summed E-state index contributed by atoms with van der Waals surface area (Å²) in [6.07, 6.45) is 0.229. The van der Waals surface area contributed by atoms with Crippen LogP contribution in [0.25, 0.3) is 0 Å². The fourth-order valence-corrected chi connectivity index (χ4v) is 0.920. The second-order valence-corrected chi connectivity index (χ2v) is 3.25. The Morgan fingerprint density at radius 3 is 1.89 bits per heavy atom. The van der Waals surface area contributed by atoms with Gasteiger partial charge in [0.2, 0.25) is 5.78 Å². The lowest BCUT2D eigenvalue weighted by atomic mass is 10.1. The van der Waals surface area contributed by atoms with Crippen molar-refractivity contribution >= 4 is 12.1 Å². The number of benzene rings is 1. The molecule has 5 heteroatoms. The van der Waals surface area contributed by atoms with Gasteiger partial charge in [0.1, 0.15) is 5.75 Å². The quantitative estimate of drug-likeness (QED) is 0.346. The van der Waals surface area contributed by atoms with Crippen LogP contribution in [0.15, 0.2) is 24.3 Å². The Morgan fingerprint density at radius 2 is 1.61 bits per heavy atom. The molecule has 1 aromatic carbocycles. The largest absolute Gasteiger partial charge is 0.497 e. The van der Waals surface area contributed by atoms with E-state index in [9.17, 15) is 9.59 Å². The summed E-state index contributed by atoms with van der Waals surface area (Å²) in [6, 6.07) is 6.37. The van der Waals surface area contributed by atoms with Gasteiger partial charge in [0.05, 0.1) is 7.11 Å². The van der Waals surface area contributed by atoms with Crippen molar-refractivity contribution in [1.29, 1.82) is 0 Å². The second-order valence-electron chi connectivity index (χ2n) is 3.25. The molecular weight excluding hydrogens is 236 g/mol. The molecule has 0 unspecified atom stereocenters. The maximum absolute atomic E-state index is 10.8. The first kappa shape index (κ1) is 16.3. The minimum atomic E-state index is -0.516. The van der Waals surface area contributed by atoms with Gasteiger partial charge < -0.3 is 14.2 Å². The van der Waals surface area contributed by atoms with Crippen LogP contribution in [0.3, 0.4) is 0 Å². The van der Waals surface area contributed by atoms with Crippen LogP contribution in [0.5, 0.6) is 5.75 Å². The molecule has 1 rings (SSSR count). The van der Waals surface area contributed by atoms with E-state index in [0.717, 1.165) is 0 Å². The van der Waals surface area contributed by atoms with Gasteiger partial charge >= 0.3 is 0 Å². The molecule has 0 fully saturated rings. The van der Waals surface area contributed by atoms with E-state index in [1.165, 1.54) is 7.11 Å². The van der Waals surface area contributed by atoms with Gasteiger partial charge in [0.15, 0.2) is 12.6 Å². The highest BCUT2D eigenvalue weighted by molar-refractivity contribution is 6.33. The summed E-state index contributed by atoms with van der Waals surface area (Å²) in [5, 5.41) is 0. The molecule has 0 aliphatic carbocycles. The average molecular weight is 254 g/mol. The molecule has 0 aliphatic rings. The topological polar surface area (TPSA) is 61.8 Å². The van der Waals surface area contributed by atoms with E-state index in [1.54, 1.807) is 38.5 Å². The number of carbonyl (C=O) groups is 2. The van der Waals surface area contributed by atoms with E-state index in [2.05, 4.69) is 9.47 Å². The number of ether oxygens (including phenoxy) is 3. The van der Waals surface area contributed by atoms with E-state index in [1.807, 2.05) is 6.92 Å². The number of carbonyl (C=O) groups excluding carboxylic acids is 2. The van der Waals surface area contributed by atoms with E-state index in [4.69, 9.17) is 4.74 Å². The van der Waals surface area contributed by atoms with Crippen molar-refractivity contribution < 1.29 is 23.8 Å². The SMILES string of the molecule is COC(C)OC.COc1ccc(C(=O)C=O)cc1. The lowest BCUT2D eigenvalue weighted by molar-refractivity contribution is -0.104. The van der Waals surface area contributed by atoms with Crippen molar-refractivity contribution in [2.24, 2.45) is 0 Å². The highest BCUT2D eigenvalue weighted by Gasteiger charge is 2.02. The van der Waals surface area contributed by atoms with Crippen LogP contribution < -0.4 is 4.74 Å². The third kappa shape index (κ3) is 6.12. The Balaban J connectivity index is 0.000000411. The number of ketones is 1. The van der Waals surface area contributed by atoms with E-state index >= 15 is 0 Å². The first-order valence-corrected chi connectivity index (χ1v) is 5.28. The lowest BCUT2D eigenvalue weighted by Gasteiger charge is -2.03. The summed E-state index contributed by atoms with van der Waals surface area (Å²) < 4.78 is 14.2. The molecule has 0 spiro atoms. The van der Waals surface area contributed by atoms with Crippen molar-refractivity contribution in [1.82, 2.24) is 0 Å². The van der Waals surface area contributed by atoms with Gasteiger partial charge in [-0.25, -0.2) is 0 Å². The fraction of sp³-hybridized carbons (Fsp3) is 0.385. The van der Waals surface area contributed by atoms with Gasteiger partial charge in [-0.2, -0.15) is 0 Å². The van der Waals surface area contributed by atoms with Crippen molar-refractivity contribution in [2.45, 2.75) is 13.2 Å². The second kappa shape index (κ2) is 9.32. The average Bonchev–Trinajstić information content (AvgIpc) is 2.46. The molecule has 0 aliphatic heterocycles. The van der Waals surface area contributed by atoms with Gasteiger partial charge in [-0.05, 0) is 31.2 Å². The van der Waals surface area contributed by atoms with Crippen molar-refractivity contribution in [3.05, 3.63) is 29.8 Å². The van der Waals surface area contributed by atoms with Gasteiger partial charge in [-0.3, -0.25) is 9.59 Å². The molecule has 0 saturated carbocycles. The third-order valence-electron chi connectivity index (χ3n) is 2.15. The summed E-state index contributed by atoms with van der Waals surface area (Å²) in [4.78, 5) is 20.9. The Kier molecular flexibility index (Phi) is 8.43. The molecule has 0 atom stereocenters. The maximum atomic E-state index is 10.8. The van der Waals surface area contributed by atoms with Crippen LogP contribution in [0, 0.1) is 0 Å². The molecule has 1 aromatic rings. The highest BCUT2D eigenvalue weighted by Crippen LogP contribution is 2.10.